The SMILES string of the molecule is N[C@@H](c1ccccc1)[C@@H](c1ccccc1)N1CCN(C(=O)OC(C(F)(F)F)C(F)(F)F)CC1. The molecule has 1 amide bonds. The summed E-state index contributed by atoms with van der Waals surface area (Å²) in [5.74, 6) is 0. The normalized spacial score (nSPS) is 17.6. The number of carbonyl (C=O) groups is 1. The quantitative estimate of drug-likeness (QED) is 0.639. The molecule has 0 saturated carbocycles. The lowest BCUT2D eigenvalue weighted by Gasteiger charge is -2.41. The molecule has 0 bridgehead atoms. The summed E-state index contributed by atoms with van der Waals surface area (Å²) in [4.78, 5) is 14.9. The number of piperazine rings is 1. The molecule has 180 valence electrons. The first-order chi connectivity index (χ1) is 15.5. The highest BCUT2D eigenvalue weighted by Gasteiger charge is 2.60. The van der Waals surface area contributed by atoms with Crippen molar-refractivity contribution < 1.29 is 35.9 Å². The number of hydrogen-bond donors (Lipinski definition) is 1. The van der Waals surface area contributed by atoms with Gasteiger partial charge in [-0.3, -0.25) is 4.90 Å². The second kappa shape index (κ2) is 10.0. The Morgan fingerprint density at radius 2 is 1.24 bits per heavy atom. The Balaban J connectivity index is 1.72. The molecule has 11 heteroatoms. The fourth-order valence-corrected chi connectivity index (χ4v) is 3.83. The van der Waals surface area contributed by atoms with Crippen molar-refractivity contribution in [3.8, 4) is 0 Å². The van der Waals surface area contributed by atoms with E-state index >= 15 is 0 Å². The van der Waals surface area contributed by atoms with E-state index in [1.807, 2.05) is 65.6 Å². The number of ether oxygens (including phenoxy) is 1. The minimum absolute atomic E-state index is 0.105. The molecule has 2 N–H and O–H groups in total. The summed E-state index contributed by atoms with van der Waals surface area (Å²) in [5.41, 5.74) is 8.33. The Morgan fingerprint density at radius 1 is 0.788 bits per heavy atom. The van der Waals surface area contributed by atoms with Crippen LogP contribution in [0.15, 0.2) is 60.7 Å². The number of nitrogens with two attached hydrogens (primary N) is 1. The third-order valence-corrected chi connectivity index (χ3v) is 5.44. The standard InChI is InChI=1S/C22H23F6N3O2/c23-21(24,25)19(22(26,27)28)33-20(32)31-13-11-30(12-14-31)18(16-9-5-2-6-10-16)17(29)15-7-3-1-4-8-15/h1-10,17-19H,11-14,29H2/t17-,18+/m0/s1. The fraction of sp³-hybridized carbons (Fsp3) is 0.409. The third kappa shape index (κ3) is 6.17. The second-order valence-corrected chi connectivity index (χ2v) is 7.66. The highest BCUT2D eigenvalue weighted by atomic mass is 19.4. The van der Waals surface area contributed by atoms with Crippen molar-refractivity contribution in [3.05, 3.63) is 71.8 Å². The Labute approximate surface area is 186 Å². The van der Waals surface area contributed by atoms with Crippen molar-refractivity contribution in [3.63, 3.8) is 0 Å². The maximum absolute atomic E-state index is 12.7. The number of amides is 1. The Bertz CT molecular complexity index is 886. The number of benzene rings is 2. The number of carbonyl (C=O) groups excluding carboxylic acids is 1. The molecule has 0 aliphatic carbocycles. The Kier molecular flexibility index (Phi) is 7.53. The van der Waals surface area contributed by atoms with Gasteiger partial charge < -0.3 is 15.4 Å². The van der Waals surface area contributed by atoms with Gasteiger partial charge >= 0.3 is 18.4 Å². The van der Waals surface area contributed by atoms with Gasteiger partial charge in [0, 0.05) is 32.2 Å². The van der Waals surface area contributed by atoms with Gasteiger partial charge in [-0.15, -0.1) is 0 Å². The lowest BCUT2D eigenvalue weighted by molar-refractivity contribution is -0.308. The molecule has 2 atom stereocenters. The monoisotopic (exact) mass is 475 g/mol. The number of rotatable bonds is 5. The summed E-state index contributed by atoms with van der Waals surface area (Å²) in [6.45, 7) is 0.175. The van der Waals surface area contributed by atoms with Gasteiger partial charge in [0.1, 0.15) is 0 Å². The molecule has 5 nitrogen and oxygen atoms in total. The third-order valence-electron chi connectivity index (χ3n) is 5.44. The molecule has 1 fully saturated rings. The molecule has 2 aromatic rings. The van der Waals surface area contributed by atoms with Crippen LogP contribution in [0.4, 0.5) is 31.1 Å². The highest BCUT2D eigenvalue weighted by Crippen LogP contribution is 2.37. The van der Waals surface area contributed by atoms with Gasteiger partial charge in [0.2, 0.25) is 0 Å². The minimum atomic E-state index is -5.75. The van der Waals surface area contributed by atoms with Crippen LogP contribution in [0.2, 0.25) is 0 Å². The zero-order valence-corrected chi connectivity index (χ0v) is 17.4. The second-order valence-electron chi connectivity index (χ2n) is 7.66. The van der Waals surface area contributed by atoms with E-state index in [4.69, 9.17) is 5.73 Å². The molecule has 0 aromatic heterocycles. The van der Waals surface area contributed by atoms with E-state index in [2.05, 4.69) is 4.74 Å². The minimum Gasteiger partial charge on any atom is -0.426 e. The van der Waals surface area contributed by atoms with Gasteiger partial charge in [0.05, 0.1) is 6.04 Å². The smallest absolute Gasteiger partial charge is 0.426 e. The zero-order valence-electron chi connectivity index (χ0n) is 17.4. The average Bonchev–Trinajstić information content (AvgIpc) is 2.77. The summed E-state index contributed by atoms with van der Waals surface area (Å²) < 4.78 is 80.1. The van der Waals surface area contributed by atoms with Gasteiger partial charge in [-0.05, 0) is 11.1 Å². The van der Waals surface area contributed by atoms with Crippen LogP contribution in [0.25, 0.3) is 0 Å². The number of alkyl halides is 6. The van der Waals surface area contributed by atoms with Gasteiger partial charge in [-0.2, -0.15) is 26.3 Å². The van der Waals surface area contributed by atoms with Crippen LogP contribution in [0.3, 0.4) is 0 Å². The summed E-state index contributed by atoms with van der Waals surface area (Å²) in [6, 6.07) is 17.9. The van der Waals surface area contributed by atoms with Crippen molar-refractivity contribution >= 4 is 6.09 Å². The number of hydrogen-bond acceptors (Lipinski definition) is 4. The van der Waals surface area contributed by atoms with Gasteiger partial charge in [-0.25, -0.2) is 4.79 Å². The Morgan fingerprint density at radius 3 is 1.70 bits per heavy atom. The van der Waals surface area contributed by atoms with E-state index in [-0.39, 0.29) is 32.2 Å². The van der Waals surface area contributed by atoms with Crippen molar-refractivity contribution in [1.29, 1.82) is 0 Å². The molecular weight excluding hydrogens is 452 g/mol. The molecule has 1 saturated heterocycles. The molecule has 0 unspecified atom stereocenters. The van der Waals surface area contributed by atoms with Crippen molar-refractivity contribution in [2.75, 3.05) is 26.2 Å². The largest absolute Gasteiger partial charge is 0.434 e. The molecule has 1 heterocycles. The van der Waals surface area contributed by atoms with Crippen molar-refractivity contribution in [1.82, 2.24) is 9.80 Å². The first kappa shape index (κ1) is 24.8. The van der Waals surface area contributed by atoms with Crippen LogP contribution in [0, 0.1) is 0 Å². The molecule has 0 radical (unpaired) electrons. The lowest BCUT2D eigenvalue weighted by atomic mass is 9.92. The van der Waals surface area contributed by atoms with Gasteiger partial charge in [0.25, 0.3) is 6.10 Å². The number of nitrogens with zero attached hydrogens (tertiary/aromatic N) is 2. The first-order valence-corrected chi connectivity index (χ1v) is 10.2. The Hall–Kier alpha value is -2.79. The molecule has 33 heavy (non-hydrogen) atoms. The summed E-state index contributed by atoms with van der Waals surface area (Å²) in [5, 5.41) is 0. The first-order valence-electron chi connectivity index (χ1n) is 10.2. The lowest BCUT2D eigenvalue weighted by Crippen LogP contribution is -2.54. The maximum atomic E-state index is 12.7. The molecule has 2 aromatic carbocycles. The van der Waals surface area contributed by atoms with Crippen LogP contribution in [-0.2, 0) is 4.74 Å². The van der Waals surface area contributed by atoms with E-state index in [9.17, 15) is 31.1 Å². The van der Waals surface area contributed by atoms with Crippen LogP contribution >= 0.6 is 0 Å². The molecule has 3 rings (SSSR count). The van der Waals surface area contributed by atoms with Crippen molar-refractivity contribution in [2.24, 2.45) is 5.73 Å². The fourth-order valence-electron chi connectivity index (χ4n) is 3.83. The van der Waals surface area contributed by atoms with E-state index in [1.54, 1.807) is 0 Å². The van der Waals surface area contributed by atoms with Crippen molar-refractivity contribution in [2.45, 2.75) is 30.5 Å². The highest BCUT2D eigenvalue weighted by molar-refractivity contribution is 5.68. The molecule has 0 spiro atoms. The maximum Gasteiger partial charge on any atom is 0.434 e. The summed E-state index contributed by atoms with van der Waals surface area (Å²) >= 11 is 0. The van der Waals surface area contributed by atoms with Crippen LogP contribution in [-0.4, -0.2) is 60.5 Å². The summed E-state index contributed by atoms with van der Waals surface area (Å²) in [7, 11) is 0. The van der Waals surface area contributed by atoms with Gasteiger partial charge in [0.15, 0.2) is 0 Å². The molecule has 1 aliphatic heterocycles. The van der Waals surface area contributed by atoms with Crippen LogP contribution in [0.1, 0.15) is 23.2 Å². The predicted octanol–water partition coefficient (Wildman–Crippen LogP) is 4.68. The van der Waals surface area contributed by atoms with E-state index in [0.29, 0.717) is 0 Å². The zero-order chi connectivity index (χ0) is 24.2. The van der Waals surface area contributed by atoms with E-state index in [1.165, 1.54) is 0 Å². The average molecular weight is 475 g/mol. The van der Waals surface area contributed by atoms with E-state index in [0.717, 1.165) is 16.0 Å². The number of halogens is 6. The van der Waals surface area contributed by atoms with E-state index < -0.39 is 30.6 Å². The van der Waals surface area contributed by atoms with Gasteiger partial charge in [-0.1, -0.05) is 60.7 Å². The van der Waals surface area contributed by atoms with Crippen LogP contribution in [0.5, 0.6) is 0 Å². The summed E-state index contributed by atoms with van der Waals surface area (Å²) in [6.07, 6.45) is -17.3. The topological polar surface area (TPSA) is 58.8 Å². The molecule has 1 aliphatic rings. The molecular formula is C22H23F6N3O2. The predicted molar refractivity (Wildman–Crippen MR) is 108 cm³/mol. The van der Waals surface area contributed by atoms with Crippen LogP contribution < -0.4 is 5.73 Å².